The van der Waals surface area contributed by atoms with Crippen molar-refractivity contribution in [2.75, 3.05) is 18.4 Å². The average Bonchev–Trinajstić information content (AvgIpc) is 2.42. The van der Waals surface area contributed by atoms with Crippen LogP contribution in [0.1, 0.15) is 12.0 Å². The summed E-state index contributed by atoms with van der Waals surface area (Å²) in [4.78, 5) is 35.2. The Labute approximate surface area is 125 Å². The highest BCUT2D eigenvalue weighted by atomic mass is 79.9. The number of amides is 3. The Kier molecular flexibility index (Phi) is 6.33. The number of rotatable bonds is 5. The first-order valence-electron chi connectivity index (χ1n) is 6.03. The molecule has 0 unspecified atom stereocenters. The van der Waals surface area contributed by atoms with Crippen LogP contribution in [0.2, 0.25) is 0 Å². The van der Waals surface area contributed by atoms with Gasteiger partial charge in [0.15, 0.2) is 0 Å². The number of nitrogens with one attached hydrogen (secondary N) is 1. The molecule has 0 spiro atoms. The molecule has 1 aromatic rings. The number of carbonyl (C=O) groups excluding carboxylic acids is 3. The minimum Gasteiger partial charge on any atom is -0.330 e. The number of benzene rings is 1. The van der Waals surface area contributed by atoms with E-state index < -0.39 is 11.8 Å². The molecule has 0 aliphatic carbocycles. The second-order valence-electron chi connectivity index (χ2n) is 4.18. The number of halogens is 1. The van der Waals surface area contributed by atoms with Gasteiger partial charge in [-0.1, -0.05) is 6.07 Å². The van der Waals surface area contributed by atoms with Gasteiger partial charge in [0, 0.05) is 11.0 Å². The smallest absolute Gasteiger partial charge is 0.318 e. The highest BCUT2D eigenvalue weighted by molar-refractivity contribution is 9.10. The van der Waals surface area contributed by atoms with Crippen molar-refractivity contribution < 1.29 is 14.4 Å². The molecule has 0 saturated carbocycles. The van der Waals surface area contributed by atoms with Crippen molar-refractivity contribution in [3.8, 4) is 0 Å². The zero-order valence-corrected chi connectivity index (χ0v) is 12.6. The fourth-order valence-corrected chi connectivity index (χ4v) is 2.08. The Balaban J connectivity index is 2.74. The van der Waals surface area contributed by atoms with Gasteiger partial charge in [-0.15, -0.1) is 0 Å². The highest BCUT2D eigenvalue weighted by Gasteiger charge is 2.21. The van der Waals surface area contributed by atoms with Gasteiger partial charge >= 0.3 is 11.8 Å². The molecule has 0 fully saturated rings. The number of hydrogen-bond acceptors (Lipinski definition) is 4. The van der Waals surface area contributed by atoms with Gasteiger partial charge < -0.3 is 11.1 Å². The lowest BCUT2D eigenvalue weighted by Crippen LogP contribution is -2.40. The predicted octanol–water partition coefficient (Wildman–Crippen LogP) is 1.03. The van der Waals surface area contributed by atoms with Crippen LogP contribution in [-0.2, 0) is 14.4 Å². The molecular formula is C13H16BrN3O3. The quantitative estimate of drug-likeness (QED) is 0.618. The van der Waals surface area contributed by atoms with Gasteiger partial charge in [0.05, 0.1) is 5.69 Å². The van der Waals surface area contributed by atoms with Crippen LogP contribution < -0.4 is 11.1 Å². The zero-order chi connectivity index (χ0) is 15.1. The minimum absolute atomic E-state index is 0.126. The van der Waals surface area contributed by atoms with Crippen LogP contribution >= 0.6 is 15.9 Å². The first kappa shape index (κ1) is 16.3. The van der Waals surface area contributed by atoms with Crippen LogP contribution in [0, 0.1) is 6.92 Å². The van der Waals surface area contributed by atoms with Crippen molar-refractivity contribution in [1.29, 1.82) is 0 Å². The second kappa shape index (κ2) is 7.76. The topological polar surface area (TPSA) is 92.5 Å². The summed E-state index contributed by atoms with van der Waals surface area (Å²) < 4.78 is 0.665. The summed E-state index contributed by atoms with van der Waals surface area (Å²) >= 11 is 3.30. The molecule has 108 valence electrons. The maximum absolute atomic E-state index is 11.8. The van der Waals surface area contributed by atoms with Gasteiger partial charge in [-0.25, -0.2) is 0 Å². The van der Waals surface area contributed by atoms with E-state index in [9.17, 15) is 14.4 Å². The third-order valence-corrected chi connectivity index (χ3v) is 3.21. The van der Waals surface area contributed by atoms with Crippen LogP contribution in [-0.4, -0.2) is 36.2 Å². The number of aryl methyl sites for hydroxylation is 1. The van der Waals surface area contributed by atoms with Gasteiger partial charge in [0.1, 0.15) is 0 Å². The Morgan fingerprint density at radius 1 is 1.45 bits per heavy atom. The summed E-state index contributed by atoms with van der Waals surface area (Å²) in [5, 5.41) is 2.46. The number of nitrogens with two attached hydrogens (primary N) is 1. The first-order valence-corrected chi connectivity index (χ1v) is 6.82. The van der Waals surface area contributed by atoms with Crippen LogP contribution in [0.4, 0.5) is 5.69 Å². The number of nitrogens with zero attached hydrogens (tertiary/aromatic N) is 1. The van der Waals surface area contributed by atoms with E-state index in [2.05, 4.69) is 21.2 Å². The number of imide groups is 1. The van der Waals surface area contributed by atoms with Crippen LogP contribution in [0.5, 0.6) is 0 Å². The summed E-state index contributed by atoms with van der Waals surface area (Å²) in [6, 6.07) is 5.29. The molecule has 0 bridgehead atoms. The van der Waals surface area contributed by atoms with Crippen molar-refractivity contribution in [2.45, 2.75) is 13.3 Å². The molecule has 1 rings (SSSR count). The normalized spacial score (nSPS) is 9.95. The lowest BCUT2D eigenvalue weighted by Gasteiger charge is -2.15. The molecule has 6 nitrogen and oxygen atoms in total. The van der Waals surface area contributed by atoms with Crippen molar-refractivity contribution in [3.63, 3.8) is 0 Å². The van der Waals surface area contributed by atoms with Gasteiger partial charge in [-0.2, -0.15) is 0 Å². The van der Waals surface area contributed by atoms with E-state index in [1.807, 2.05) is 13.0 Å². The van der Waals surface area contributed by atoms with Gasteiger partial charge in [0.25, 0.3) is 0 Å². The molecule has 0 radical (unpaired) electrons. The Morgan fingerprint density at radius 3 is 2.70 bits per heavy atom. The average molecular weight is 342 g/mol. The molecule has 0 aliphatic heterocycles. The first-order chi connectivity index (χ1) is 9.49. The summed E-state index contributed by atoms with van der Waals surface area (Å²) in [5.41, 5.74) is 6.79. The van der Waals surface area contributed by atoms with Crippen molar-refractivity contribution in [3.05, 3.63) is 28.2 Å². The van der Waals surface area contributed by atoms with Crippen molar-refractivity contribution in [2.24, 2.45) is 5.73 Å². The summed E-state index contributed by atoms with van der Waals surface area (Å²) in [7, 11) is 0. The highest BCUT2D eigenvalue weighted by Crippen LogP contribution is 2.23. The number of carbonyl (C=O) groups is 3. The number of anilines is 1. The van der Waals surface area contributed by atoms with Crippen LogP contribution in [0.3, 0.4) is 0 Å². The third kappa shape index (κ3) is 4.43. The number of hydrogen-bond donors (Lipinski definition) is 2. The van der Waals surface area contributed by atoms with Crippen LogP contribution in [0.15, 0.2) is 22.7 Å². The summed E-state index contributed by atoms with van der Waals surface area (Å²) in [6.07, 6.45) is 0.785. The third-order valence-electron chi connectivity index (χ3n) is 2.56. The van der Waals surface area contributed by atoms with E-state index in [1.165, 1.54) is 0 Å². The molecule has 0 atom stereocenters. The molecule has 0 heterocycles. The Morgan fingerprint density at radius 2 is 2.15 bits per heavy atom. The van der Waals surface area contributed by atoms with Crippen molar-refractivity contribution >= 4 is 39.8 Å². The van der Waals surface area contributed by atoms with E-state index in [4.69, 9.17) is 5.73 Å². The predicted molar refractivity (Wildman–Crippen MR) is 79.0 cm³/mol. The summed E-state index contributed by atoms with van der Waals surface area (Å²) in [5.74, 6) is -1.76. The fraction of sp³-hybridized carbons (Fsp3) is 0.308. The molecule has 3 amide bonds. The van der Waals surface area contributed by atoms with Gasteiger partial charge in [-0.05, 0) is 53.5 Å². The maximum atomic E-state index is 11.8. The van der Waals surface area contributed by atoms with Crippen molar-refractivity contribution in [1.82, 2.24) is 4.90 Å². The molecule has 7 heteroatoms. The molecule has 0 aliphatic rings. The molecular weight excluding hydrogens is 326 g/mol. The Hall–Kier alpha value is -1.73. The molecule has 0 saturated heterocycles. The van der Waals surface area contributed by atoms with E-state index in [0.717, 1.165) is 10.5 Å². The SMILES string of the molecule is Cc1ccc(NC(=O)C(=O)N(C=O)CCCN)c(Br)c1. The van der Waals surface area contributed by atoms with E-state index in [-0.39, 0.29) is 6.54 Å². The molecule has 1 aromatic carbocycles. The molecule has 3 N–H and O–H groups in total. The standard InChI is InChI=1S/C13H16BrN3O3/c1-9-3-4-11(10(14)7-9)16-12(19)13(20)17(8-18)6-2-5-15/h3-4,7-8H,2,5-6,15H2,1H3,(H,16,19). The lowest BCUT2D eigenvalue weighted by molar-refractivity contribution is -0.146. The Bertz CT molecular complexity index is 520. The largest absolute Gasteiger partial charge is 0.330 e. The monoisotopic (exact) mass is 341 g/mol. The minimum atomic E-state index is -0.902. The summed E-state index contributed by atoms with van der Waals surface area (Å²) in [6.45, 7) is 2.37. The van der Waals surface area contributed by atoms with Crippen LogP contribution in [0.25, 0.3) is 0 Å². The molecule has 20 heavy (non-hydrogen) atoms. The fourth-order valence-electron chi connectivity index (χ4n) is 1.49. The molecule has 0 aromatic heterocycles. The van der Waals surface area contributed by atoms with E-state index >= 15 is 0 Å². The maximum Gasteiger partial charge on any atom is 0.318 e. The second-order valence-corrected chi connectivity index (χ2v) is 5.04. The van der Waals surface area contributed by atoms with E-state index in [0.29, 0.717) is 29.5 Å². The van der Waals surface area contributed by atoms with Gasteiger partial charge in [-0.3, -0.25) is 19.3 Å². The van der Waals surface area contributed by atoms with E-state index in [1.54, 1.807) is 12.1 Å². The zero-order valence-electron chi connectivity index (χ0n) is 11.1. The van der Waals surface area contributed by atoms with Gasteiger partial charge in [0.2, 0.25) is 6.41 Å². The lowest BCUT2D eigenvalue weighted by atomic mass is 10.2.